The van der Waals surface area contributed by atoms with Gasteiger partial charge >= 0.3 is 0 Å². The van der Waals surface area contributed by atoms with E-state index in [1.807, 2.05) is 13.8 Å². The zero-order valence-corrected chi connectivity index (χ0v) is 13.7. The van der Waals surface area contributed by atoms with Gasteiger partial charge in [-0.1, -0.05) is 12.1 Å². The van der Waals surface area contributed by atoms with Crippen molar-refractivity contribution in [2.45, 2.75) is 19.4 Å². The van der Waals surface area contributed by atoms with Crippen molar-refractivity contribution >= 4 is 17.9 Å². The van der Waals surface area contributed by atoms with Crippen molar-refractivity contribution in [2.75, 3.05) is 0 Å². The monoisotopic (exact) mass is 342 g/mol. The molecule has 0 atom stereocenters. The highest BCUT2D eigenvalue weighted by atomic mass is 19.2. The van der Waals surface area contributed by atoms with Gasteiger partial charge in [-0.3, -0.25) is 4.79 Å². The molecule has 0 saturated heterocycles. The van der Waals surface area contributed by atoms with Gasteiger partial charge < -0.3 is 9.84 Å². The Morgan fingerprint density at radius 1 is 1.16 bits per heavy atom. The van der Waals surface area contributed by atoms with Crippen molar-refractivity contribution in [3.63, 3.8) is 0 Å². The Labute approximate surface area is 143 Å². The van der Waals surface area contributed by atoms with E-state index in [4.69, 9.17) is 4.74 Å². The van der Waals surface area contributed by atoms with Gasteiger partial charge in [-0.05, 0) is 61.9 Å². The number of phenolic OH excluding ortho intramolecular Hbond substituents is 1. The number of carbonyl (C=O) groups excluding carboxylic acids is 1. The molecular formula is C20H16F2O3. The Hall–Kier alpha value is -2.95. The molecule has 0 saturated carbocycles. The van der Waals surface area contributed by atoms with E-state index in [-0.39, 0.29) is 11.3 Å². The molecule has 0 aliphatic carbocycles. The maximum Gasteiger partial charge on any atom is 0.189 e. The van der Waals surface area contributed by atoms with Crippen LogP contribution in [-0.4, -0.2) is 16.5 Å². The molecule has 0 bridgehead atoms. The third-order valence-corrected chi connectivity index (χ3v) is 3.84. The molecule has 5 heteroatoms. The van der Waals surface area contributed by atoms with Gasteiger partial charge in [0, 0.05) is 0 Å². The van der Waals surface area contributed by atoms with E-state index in [1.54, 1.807) is 18.2 Å². The van der Waals surface area contributed by atoms with E-state index in [0.717, 1.165) is 12.1 Å². The van der Waals surface area contributed by atoms with Gasteiger partial charge in [0.25, 0.3) is 0 Å². The summed E-state index contributed by atoms with van der Waals surface area (Å²) in [7, 11) is 0. The van der Waals surface area contributed by atoms with Crippen LogP contribution in [0.3, 0.4) is 0 Å². The lowest BCUT2D eigenvalue weighted by Crippen LogP contribution is -2.27. The lowest BCUT2D eigenvalue weighted by atomic mass is 9.98. The molecule has 1 aliphatic rings. The summed E-state index contributed by atoms with van der Waals surface area (Å²) in [5.74, 6) is -2.08. The van der Waals surface area contributed by atoms with Crippen molar-refractivity contribution in [1.29, 1.82) is 0 Å². The first-order valence-corrected chi connectivity index (χ1v) is 7.68. The number of allylic oxidation sites excluding steroid dienone is 1. The molecule has 0 radical (unpaired) electrons. The van der Waals surface area contributed by atoms with Crippen LogP contribution >= 0.6 is 0 Å². The van der Waals surface area contributed by atoms with Crippen LogP contribution in [0, 0.1) is 11.6 Å². The maximum atomic E-state index is 13.2. The van der Waals surface area contributed by atoms with Gasteiger partial charge in [0.2, 0.25) is 0 Å². The Morgan fingerprint density at radius 2 is 1.92 bits per heavy atom. The first kappa shape index (κ1) is 16.9. The minimum atomic E-state index is -0.990. The average Bonchev–Trinajstić information content (AvgIpc) is 2.55. The van der Waals surface area contributed by atoms with E-state index in [0.29, 0.717) is 16.9 Å². The van der Waals surface area contributed by atoms with Crippen LogP contribution in [0.4, 0.5) is 8.78 Å². The minimum Gasteiger partial charge on any atom is -0.506 e. The predicted molar refractivity (Wildman–Crippen MR) is 91.6 cm³/mol. The molecule has 3 rings (SSSR count). The number of rotatable bonds is 3. The lowest BCUT2D eigenvalue weighted by Gasteiger charge is -2.28. The quantitative estimate of drug-likeness (QED) is 0.647. The van der Waals surface area contributed by atoms with Gasteiger partial charge in [0.15, 0.2) is 17.4 Å². The number of fused-ring (bicyclic) bond motifs is 1. The summed E-state index contributed by atoms with van der Waals surface area (Å²) in [6, 6.07) is 6.43. The predicted octanol–water partition coefficient (Wildman–Crippen LogP) is 4.75. The van der Waals surface area contributed by atoms with Gasteiger partial charge in [0.1, 0.15) is 17.1 Å². The molecule has 3 nitrogen and oxygen atoms in total. The maximum absolute atomic E-state index is 13.2. The average molecular weight is 342 g/mol. The van der Waals surface area contributed by atoms with Gasteiger partial charge in [-0.15, -0.1) is 0 Å². The molecule has 128 valence electrons. The van der Waals surface area contributed by atoms with Crippen molar-refractivity contribution in [2.24, 2.45) is 0 Å². The van der Waals surface area contributed by atoms with Crippen molar-refractivity contribution in [3.8, 4) is 11.5 Å². The highest BCUT2D eigenvalue weighted by molar-refractivity contribution is 6.09. The molecule has 0 unspecified atom stereocenters. The first-order valence-electron chi connectivity index (χ1n) is 7.68. The zero-order chi connectivity index (χ0) is 18.2. The molecule has 1 aliphatic heterocycles. The SMILES string of the molecule is CC1(C)C=Cc2c(ccc(C(=O)/C=C/c3ccc(F)c(F)c3)c2O)O1. The fraction of sp³-hybridized carbons (Fsp3) is 0.150. The van der Waals surface area contributed by atoms with Crippen molar-refractivity contribution in [3.05, 3.63) is 70.8 Å². The Morgan fingerprint density at radius 3 is 2.64 bits per heavy atom. The molecular weight excluding hydrogens is 326 g/mol. The summed E-state index contributed by atoms with van der Waals surface area (Å²) in [5.41, 5.74) is 0.393. The molecule has 1 heterocycles. The second-order valence-electron chi connectivity index (χ2n) is 6.28. The number of halogens is 2. The number of ether oxygens (including phenoxy) is 1. The number of hydrogen-bond donors (Lipinski definition) is 1. The molecule has 0 fully saturated rings. The number of hydrogen-bond acceptors (Lipinski definition) is 3. The largest absolute Gasteiger partial charge is 0.506 e. The molecule has 0 spiro atoms. The van der Waals surface area contributed by atoms with Crippen LogP contribution in [0.5, 0.6) is 11.5 Å². The normalized spacial score (nSPS) is 15.0. The molecule has 2 aromatic carbocycles. The lowest BCUT2D eigenvalue weighted by molar-refractivity contribution is 0.104. The Balaban J connectivity index is 1.88. The topological polar surface area (TPSA) is 46.5 Å². The molecule has 25 heavy (non-hydrogen) atoms. The van der Waals surface area contributed by atoms with Gasteiger partial charge in [-0.25, -0.2) is 8.78 Å². The third kappa shape index (κ3) is 3.45. The fourth-order valence-corrected chi connectivity index (χ4v) is 2.52. The highest BCUT2D eigenvalue weighted by Crippen LogP contribution is 2.38. The highest BCUT2D eigenvalue weighted by Gasteiger charge is 2.25. The first-order chi connectivity index (χ1) is 11.8. The van der Waals surface area contributed by atoms with Gasteiger partial charge in [-0.2, -0.15) is 0 Å². The van der Waals surface area contributed by atoms with E-state index in [1.165, 1.54) is 24.3 Å². The Kier molecular flexibility index (Phi) is 4.17. The molecule has 0 aromatic heterocycles. The van der Waals surface area contributed by atoms with E-state index >= 15 is 0 Å². The molecule has 0 amide bonds. The van der Waals surface area contributed by atoms with Crippen LogP contribution in [0.2, 0.25) is 0 Å². The summed E-state index contributed by atoms with van der Waals surface area (Å²) >= 11 is 0. The summed E-state index contributed by atoms with van der Waals surface area (Å²) in [6.07, 6.45) is 6.06. The van der Waals surface area contributed by atoms with Crippen molar-refractivity contribution < 1.29 is 23.4 Å². The van der Waals surface area contributed by atoms with E-state index in [9.17, 15) is 18.7 Å². The number of ketones is 1. The van der Waals surface area contributed by atoms with Crippen molar-refractivity contribution in [1.82, 2.24) is 0 Å². The molecule has 2 aromatic rings. The minimum absolute atomic E-state index is 0.102. The van der Waals surface area contributed by atoms with E-state index < -0.39 is 23.0 Å². The van der Waals surface area contributed by atoms with E-state index in [2.05, 4.69) is 0 Å². The Bertz CT molecular complexity index is 911. The summed E-state index contributed by atoms with van der Waals surface area (Å²) < 4.78 is 31.8. The standard InChI is InChI=1S/C20H16F2O3/c1-20(2)10-9-14-18(25-20)8-5-13(19(14)24)17(23)7-4-12-3-6-15(21)16(22)11-12/h3-11,24H,1-2H3/b7-4+. The number of carbonyl (C=O) groups is 1. The third-order valence-electron chi connectivity index (χ3n) is 3.84. The molecule has 1 N–H and O–H groups in total. The van der Waals surface area contributed by atoms with Crippen LogP contribution in [0.25, 0.3) is 12.2 Å². The summed E-state index contributed by atoms with van der Waals surface area (Å²) in [6.45, 7) is 3.76. The van der Waals surface area contributed by atoms with Crippen LogP contribution in [-0.2, 0) is 0 Å². The fourth-order valence-electron chi connectivity index (χ4n) is 2.52. The second-order valence-corrected chi connectivity index (χ2v) is 6.28. The van der Waals surface area contributed by atoms with Crippen LogP contribution in [0.15, 0.2) is 42.5 Å². The zero-order valence-electron chi connectivity index (χ0n) is 13.7. The summed E-state index contributed by atoms with van der Waals surface area (Å²) in [5, 5.41) is 10.4. The smallest absolute Gasteiger partial charge is 0.189 e. The van der Waals surface area contributed by atoms with Gasteiger partial charge in [0.05, 0.1) is 11.1 Å². The number of aromatic hydroxyl groups is 1. The van der Waals surface area contributed by atoms with Crippen LogP contribution < -0.4 is 4.74 Å². The second kappa shape index (κ2) is 6.16. The number of phenols is 1. The summed E-state index contributed by atoms with van der Waals surface area (Å²) in [4.78, 5) is 12.3. The number of benzene rings is 2. The van der Waals surface area contributed by atoms with Crippen LogP contribution in [0.1, 0.15) is 35.3 Å².